The third kappa shape index (κ3) is 3.28. The lowest BCUT2D eigenvalue weighted by Crippen LogP contribution is -2.33. The Bertz CT molecular complexity index is 589. The molecular formula is C13H15N3O5. The summed E-state index contributed by atoms with van der Waals surface area (Å²) in [6.07, 6.45) is 0. The molecule has 112 valence electrons. The summed E-state index contributed by atoms with van der Waals surface area (Å²) in [5, 5.41) is 22.3. The van der Waals surface area contributed by atoms with Gasteiger partial charge in [-0.2, -0.15) is 0 Å². The van der Waals surface area contributed by atoms with Crippen LogP contribution in [0.5, 0.6) is 0 Å². The van der Waals surface area contributed by atoms with E-state index in [0.717, 1.165) is 0 Å². The van der Waals surface area contributed by atoms with Gasteiger partial charge < -0.3 is 15.3 Å². The molecule has 0 bridgehead atoms. The van der Waals surface area contributed by atoms with Crippen LogP contribution in [0.3, 0.4) is 0 Å². The molecule has 1 fully saturated rings. The molecule has 2 amide bonds. The van der Waals surface area contributed by atoms with Crippen molar-refractivity contribution in [3.05, 3.63) is 34.4 Å². The topological polar surface area (TPSA) is 113 Å². The number of hydrogen-bond acceptors (Lipinski definition) is 4. The SMILES string of the molecule is C[C@@H]1CN(C(=O)Nc2cccc([N+](=O)[O-])c2)C[C@H]1C(=O)O. The number of likely N-dealkylation sites (tertiary alicyclic amines) is 1. The van der Waals surface area contributed by atoms with Gasteiger partial charge >= 0.3 is 12.0 Å². The van der Waals surface area contributed by atoms with Crippen LogP contribution in [0.25, 0.3) is 0 Å². The van der Waals surface area contributed by atoms with Crippen LogP contribution in [-0.2, 0) is 4.79 Å². The predicted octanol–water partition coefficient (Wildman–Crippen LogP) is 1.78. The fourth-order valence-electron chi connectivity index (χ4n) is 2.35. The van der Waals surface area contributed by atoms with Gasteiger partial charge in [0, 0.05) is 30.9 Å². The zero-order valence-corrected chi connectivity index (χ0v) is 11.4. The highest BCUT2D eigenvalue weighted by Gasteiger charge is 2.36. The first kappa shape index (κ1) is 14.8. The van der Waals surface area contributed by atoms with Crippen molar-refractivity contribution in [2.24, 2.45) is 11.8 Å². The van der Waals surface area contributed by atoms with E-state index in [1.807, 2.05) is 0 Å². The highest BCUT2D eigenvalue weighted by Crippen LogP contribution is 2.24. The molecule has 2 atom stereocenters. The van der Waals surface area contributed by atoms with Crippen LogP contribution >= 0.6 is 0 Å². The predicted molar refractivity (Wildman–Crippen MR) is 74.0 cm³/mol. The molecule has 1 saturated heterocycles. The number of anilines is 1. The Morgan fingerprint density at radius 1 is 1.43 bits per heavy atom. The summed E-state index contributed by atoms with van der Waals surface area (Å²) in [6, 6.07) is 5.14. The van der Waals surface area contributed by atoms with Crippen molar-refractivity contribution in [2.75, 3.05) is 18.4 Å². The summed E-state index contributed by atoms with van der Waals surface area (Å²) in [6.45, 7) is 2.26. The van der Waals surface area contributed by atoms with Gasteiger partial charge in [-0.1, -0.05) is 13.0 Å². The molecule has 0 aliphatic carbocycles. The molecule has 0 radical (unpaired) electrons. The third-order valence-electron chi connectivity index (χ3n) is 3.52. The summed E-state index contributed by atoms with van der Waals surface area (Å²) in [7, 11) is 0. The number of carboxylic acids is 1. The summed E-state index contributed by atoms with van der Waals surface area (Å²) in [4.78, 5) is 34.6. The van der Waals surface area contributed by atoms with Crippen LogP contribution in [0.1, 0.15) is 6.92 Å². The van der Waals surface area contributed by atoms with Gasteiger partial charge in [0.05, 0.1) is 10.8 Å². The van der Waals surface area contributed by atoms with Crippen molar-refractivity contribution in [1.29, 1.82) is 0 Å². The molecule has 1 aromatic rings. The third-order valence-corrected chi connectivity index (χ3v) is 3.52. The van der Waals surface area contributed by atoms with Gasteiger partial charge in [0.25, 0.3) is 5.69 Å². The van der Waals surface area contributed by atoms with Crippen LogP contribution in [0.15, 0.2) is 24.3 Å². The van der Waals surface area contributed by atoms with Gasteiger partial charge in [-0.3, -0.25) is 14.9 Å². The van der Waals surface area contributed by atoms with Crippen LogP contribution in [0, 0.1) is 22.0 Å². The van der Waals surface area contributed by atoms with Crippen molar-refractivity contribution >= 4 is 23.4 Å². The molecule has 8 heteroatoms. The Morgan fingerprint density at radius 2 is 2.14 bits per heavy atom. The van der Waals surface area contributed by atoms with E-state index in [1.165, 1.54) is 23.1 Å². The van der Waals surface area contributed by atoms with E-state index >= 15 is 0 Å². The number of nitro benzene ring substituents is 1. The monoisotopic (exact) mass is 293 g/mol. The molecule has 0 aromatic heterocycles. The minimum atomic E-state index is -0.923. The lowest BCUT2D eigenvalue weighted by Gasteiger charge is -2.16. The second-order valence-electron chi connectivity index (χ2n) is 5.06. The van der Waals surface area contributed by atoms with Crippen molar-refractivity contribution < 1.29 is 19.6 Å². The Morgan fingerprint density at radius 3 is 2.71 bits per heavy atom. The van der Waals surface area contributed by atoms with Gasteiger partial charge in [0.15, 0.2) is 0 Å². The van der Waals surface area contributed by atoms with E-state index in [-0.39, 0.29) is 18.2 Å². The Balaban J connectivity index is 2.04. The number of aliphatic carboxylic acids is 1. The van der Waals surface area contributed by atoms with Crippen LogP contribution < -0.4 is 5.32 Å². The molecule has 2 N–H and O–H groups in total. The largest absolute Gasteiger partial charge is 0.481 e. The van der Waals surface area contributed by atoms with Gasteiger partial charge in [0.2, 0.25) is 0 Å². The first-order valence-electron chi connectivity index (χ1n) is 6.41. The number of carbonyl (C=O) groups is 2. The van der Waals surface area contributed by atoms with Crippen molar-refractivity contribution in [2.45, 2.75) is 6.92 Å². The van der Waals surface area contributed by atoms with Gasteiger partial charge in [-0.25, -0.2) is 4.79 Å². The average molecular weight is 293 g/mol. The fourth-order valence-corrected chi connectivity index (χ4v) is 2.35. The maximum absolute atomic E-state index is 12.1. The fraction of sp³-hybridized carbons (Fsp3) is 0.385. The number of carboxylic acid groups (broad SMARTS) is 1. The number of non-ortho nitro benzene ring substituents is 1. The molecule has 0 saturated carbocycles. The number of nitrogens with zero attached hydrogens (tertiary/aromatic N) is 2. The highest BCUT2D eigenvalue weighted by molar-refractivity contribution is 5.90. The molecule has 21 heavy (non-hydrogen) atoms. The number of carbonyl (C=O) groups excluding carboxylic acids is 1. The Labute approximate surface area is 120 Å². The van der Waals surface area contributed by atoms with E-state index in [9.17, 15) is 19.7 Å². The molecule has 0 spiro atoms. The maximum atomic E-state index is 12.1. The molecule has 1 aliphatic rings. The minimum absolute atomic E-state index is 0.119. The first-order chi connectivity index (χ1) is 9.88. The van der Waals surface area contributed by atoms with E-state index in [0.29, 0.717) is 12.2 Å². The number of amides is 2. The second kappa shape index (κ2) is 5.78. The smallest absolute Gasteiger partial charge is 0.321 e. The summed E-state index contributed by atoms with van der Waals surface area (Å²) < 4.78 is 0. The minimum Gasteiger partial charge on any atom is -0.481 e. The number of nitro groups is 1. The van der Waals surface area contributed by atoms with Crippen molar-refractivity contribution in [3.63, 3.8) is 0 Å². The van der Waals surface area contributed by atoms with Gasteiger partial charge in [-0.05, 0) is 12.0 Å². The molecule has 1 aromatic carbocycles. The molecule has 0 unspecified atom stereocenters. The zero-order chi connectivity index (χ0) is 15.6. The summed E-state index contributed by atoms with van der Waals surface area (Å²) in [5.41, 5.74) is 0.187. The lowest BCUT2D eigenvalue weighted by atomic mass is 9.99. The van der Waals surface area contributed by atoms with Gasteiger partial charge in [-0.15, -0.1) is 0 Å². The Kier molecular flexibility index (Phi) is 4.06. The van der Waals surface area contributed by atoms with E-state index in [1.54, 1.807) is 13.0 Å². The van der Waals surface area contributed by atoms with Gasteiger partial charge in [0.1, 0.15) is 0 Å². The number of hydrogen-bond donors (Lipinski definition) is 2. The zero-order valence-electron chi connectivity index (χ0n) is 11.4. The quantitative estimate of drug-likeness (QED) is 0.651. The highest BCUT2D eigenvalue weighted by atomic mass is 16.6. The standard InChI is InChI=1S/C13H15N3O5/c1-8-6-15(7-11(8)12(17)18)13(19)14-9-3-2-4-10(5-9)16(20)21/h2-5,8,11H,6-7H2,1H3,(H,14,19)(H,17,18)/t8-,11-/m1/s1. The summed E-state index contributed by atoms with van der Waals surface area (Å²) in [5.74, 6) is -1.63. The normalized spacial score (nSPS) is 21.1. The number of urea groups is 1. The molecule has 1 heterocycles. The van der Waals surface area contributed by atoms with Crippen LogP contribution in [-0.4, -0.2) is 40.0 Å². The number of benzene rings is 1. The average Bonchev–Trinajstić information content (AvgIpc) is 2.81. The summed E-state index contributed by atoms with van der Waals surface area (Å²) >= 11 is 0. The number of rotatable bonds is 3. The second-order valence-corrected chi connectivity index (χ2v) is 5.06. The van der Waals surface area contributed by atoms with Crippen molar-refractivity contribution in [1.82, 2.24) is 4.90 Å². The van der Waals surface area contributed by atoms with Crippen LogP contribution in [0.4, 0.5) is 16.2 Å². The maximum Gasteiger partial charge on any atom is 0.321 e. The van der Waals surface area contributed by atoms with Crippen LogP contribution in [0.2, 0.25) is 0 Å². The van der Waals surface area contributed by atoms with E-state index in [2.05, 4.69) is 5.32 Å². The van der Waals surface area contributed by atoms with E-state index in [4.69, 9.17) is 5.11 Å². The number of nitrogens with one attached hydrogen (secondary N) is 1. The molecular weight excluding hydrogens is 278 g/mol. The lowest BCUT2D eigenvalue weighted by molar-refractivity contribution is -0.384. The molecule has 8 nitrogen and oxygen atoms in total. The molecule has 2 rings (SSSR count). The van der Waals surface area contributed by atoms with E-state index < -0.39 is 22.8 Å². The first-order valence-corrected chi connectivity index (χ1v) is 6.41. The molecule has 1 aliphatic heterocycles. The Hall–Kier alpha value is -2.64. The van der Waals surface area contributed by atoms with Crippen molar-refractivity contribution in [3.8, 4) is 0 Å².